The van der Waals surface area contributed by atoms with Crippen molar-refractivity contribution in [3.05, 3.63) is 59.7 Å². The first-order valence-electron chi connectivity index (χ1n) is 10.2. The number of nitrogens with zero attached hydrogens (tertiary/aromatic N) is 1. The Morgan fingerprint density at radius 1 is 1.21 bits per heavy atom. The lowest BCUT2D eigenvalue weighted by molar-refractivity contribution is 0.0535. The number of hydrogen-bond acceptors (Lipinski definition) is 4. The van der Waals surface area contributed by atoms with Gasteiger partial charge in [0.25, 0.3) is 0 Å². The van der Waals surface area contributed by atoms with Crippen LogP contribution in [0.25, 0.3) is 5.57 Å². The third-order valence-electron chi connectivity index (χ3n) is 5.12. The highest BCUT2D eigenvalue weighted by Crippen LogP contribution is 2.38. The number of benzene rings is 2. The van der Waals surface area contributed by atoms with Crippen LogP contribution >= 0.6 is 0 Å². The number of amides is 1. The molecule has 0 aromatic heterocycles. The predicted molar refractivity (Wildman–Crippen MR) is 116 cm³/mol. The van der Waals surface area contributed by atoms with E-state index in [9.17, 15) is 4.79 Å². The van der Waals surface area contributed by atoms with Gasteiger partial charge in [0, 0.05) is 36.1 Å². The molecule has 152 valence electrons. The van der Waals surface area contributed by atoms with E-state index >= 15 is 0 Å². The smallest absolute Gasteiger partial charge is 0.407 e. The maximum Gasteiger partial charge on any atom is 0.407 e. The van der Waals surface area contributed by atoms with E-state index < -0.39 is 11.7 Å². The SMILES string of the molecule is CC(C)(C)OC(=O)NCC1=CCOc2cc(N3CCCc4ccccc43)ccc21. The number of alkyl carbamates (subject to hydrolysis) is 1. The molecule has 4 rings (SSSR count). The van der Waals surface area contributed by atoms with Crippen LogP contribution in [-0.4, -0.2) is 31.4 Å². The third kappa shape index (κ3) is 4.39. The number of carbonyl (C=O) groups is 1. The number of hydrogen-bond donors (Lipinski definition) is 1. The van der Waals surface area contributed by atoms with Gasteiger partial charge in [0.1, 0.15) is 18.0 Å². The molecule has 0 radical (unpaired) electrons. The van der Waals surface area contributed by atoms with Gasteiger partial charge < -0.3 is 19.7 Å². The molecular weight excluding hydrogens is 364 g/mol. The van der Waals surface area contributed by atoms with Crippen molar-refractivity contribution in [1.82, 2.24) is 5.32 Å². The molecule has 2 aromatic carbocycles. The van der Waals surface area contributed by atoms with Crippen LogP contribution in [0.4, 0.5) is 16.2 Å². The number of carbonyl (C=O) groups excluding carboxylic acids is 1. The number of anilines is 2. The molecule has 0 aliphatic carbocycles. The number of nitrogens with one attached hydrogen (secondary N) is 1. The summed E-state index contributed by atoms with van der Waals surface area (Å²) < 4.78 is 11.2. The van der Waals surface area contributed by atoms with E-state index in [1.54, 1.807) is 0 Å². The molecule has 2 aromatic rings. The van der Waals surface area contributed by atoms with Crippen molar-refractivity contribution < 1.29 is 14.3 Å². The predicted octanol–water partition coefficient (Wildman–Crippen LogP) is 5.07. The summed E-state index contributed by atoms with van der Waals surface area (Å²) in [4.78, 5) is 14.4. The molecule has 2 aliphatic heterocycles. The van der Waals surface area contributed by atoms with Crippen LogP contribution < -0.4 is 15.0 Å². The van der Waals surface area contributed by atoms with Crippen molar-refractivity contribution in [2.45, 2.75) is 39.2 Å². The van der Waals surface area contributed by atoms with Crippen LogP contribution in [0.3, 0.4) is 0 Å². The topological polar surface area (TPSA) is 50.8 Å². The van der Waals surface area contributed by atoms with E-state index in [1.807, 2.05) is 26.8 Å². The van der Waals surface area contributed by atoms with Crippen molar-refractivity contribution >= 4 is 23.0 Å². The quantitative estimate of drug-likeness (QED) is 0.792. The Hall–Kier alpha value is -2.95. The summed E-state index contributed by atoms with van der Waals surface area (Å²) >= 11 is 0. The Kier molecular flexibility index (Phi) is 5.22. The number of ether oxygens (including phenoxy) is 2. The second-order valence-corrected chi connectivity index (χ2v) is 8.46. The van der Waals surface area contributed by atoms with Gasteiger partial charge in [-0.05, 0) is 69.0 Å². The van der Waals surface area contributed by atoms with Gasteiger partial charge in [0.15, 0.2) is 0 Å². The largest absolute Gasteiger partial charge is 0.489 e. The highest BCUT2D eigenvalue weighted by molar-refractivity contribution is 5.80. The lowest BCUT2D eigenvalue weighted by atomic mass is 9.99. The van der Waals surface area contributed by atoms with Crippen LogP contribution in [0.15, 0.2) is 48.5 Å². The molecule has 5 nitrogen and oxygen atoms in total. The molecule has 0 saturated carbocycles. The van der Waals surface area contributed by atoms with Gasteiger partial charge in [-0.2, -0.15) is 0 Å². The summed E-state index contributed by atoms with van der Waals surface area (Å²) in [5, 5.41) is 2.85. The van der Waals surface area contributed by atoms with E-state index in [0.717, 1.165) is 42.0 Å². The van der Waals surface area contributed by atoms with Crippen LogP contribution in [0, 0.1) is 0 Å². The Morgan fingerprint density at radius 3 is 2.86 bits per heavy atom. The van der Waals surface area contributed by atoms with Crippen molar-refractivity contribution in [3.8, 4) is 5.75 Å². The summed E-state index contributed by atoms with van der Waals surface area (Å²) in [7, 11) is 0. The van der Waals surface area contributed by atoms with E-state index in [2.05, 4.69) is 52.7 Å². The first-order chi connectivity index (χ1) is 13.9. The molecule has 0 saturated heterocycles. The average Bonchev–Trinajstić information content (AvgIpc) is 2.70. The fraction of sp³-hybridized carbons (Fsp3) is 0.375. The summed E-state index contributed by atoms with van der Waals surface area (Å²) in [5.41, 5.74) is 5.35. The lowest BCUT2D eigenvalue weighted by Gasteiger charge is -2.32. The Morgan fingerprint density at radius 2 is 2.03 bits per heavy atom. The molecule has 5 heteroatoms. The number of rotatable bonds is 3. The normalized spacial score (nSPS) is 15.6. The Balaban J connectivity index is 1.52. The highest BCUT2D eigenvalue weighted by Gasteiger charge is 2.22. The monoisotopic (exact) mass is 392 g/mol. The van der Waals surface area contributed by atoms with Crippen LogP contribution in [0.1, 0.15) is 38.3 Å². The van der Waals surface area contributed by atoms with Crippen molar-refractivity contribution in [2.75, 3.05) is 24.6 Å². The van der Waals surface area contributed by atoms with Crippen molar-refractivity contribution in [2.24, 2.45) is 0 Å². The molecule has 29 heavy (non-hydrogen) atoms. The van der Waals surface area contributed by atoms with Gasteiger partial charge in [0.05, 0.1) is 0 Å². The Labute approximate surface area is 172 Å². The van der Waals surface area contributed by atoms with Crippen molar-refractivity contribution in [3.63, 3.8) is 0 Å². The zero-order chi connectivity index (χ0) is 20.4. The second-order valence-electron chi connectivity index (χ2n) is 8.46. The van der Waals surface area contributed by atoms with Gasteiger partial charge in [-0.3, -0.25) is 0 Å². The average molecular weight is 392 g/mol. The molecule has 1 amide bonds. The molecule has 2 heterocycles. The van der Waals surface area contributed by atoms with E-state index in [4.69, 9.17) is 9.47 Å². The third-order valence-corrected chi connectivity index (χ3v) is 5.12. The Bertz CT molecular complexity index is 943. The summed E-state index contributed by atoms with van der Waals surface area (Å²) in [6.45, 7) is 7.48. The van der Waals surface area contributed by atoms with Crippen LogP contribution in [0.2, 0.25) is 0 Å². The zero-order valence-electron chi connectivity index (χ0n) is 17.3. The summed E-state index contributed by atoms with van der Waals surface area (Å²) in [6, 6.07) is 14.9. The standard InChI is InChI=1S/C24H28N2O3/c1-24(2,3)29-23(27)25-16-18-12-14-28-22-15-19(10-11-20(18)22)26-13-6-8-17-7-4-5-9-21(17)26/h4-5,7,9-12,15H,6,8,13-14,16H2,1-3H3,(H,25,27). The number of fused-ring (bicyclic) bond motifs is 2. The maximum absolute atomic E-state index is 12.0. The minimum absolute atomic E-state index is 0.409. The van der Waals surface area contributed by atoms with E-state index in [1.165, 1.54) is 11.3 Å². The maximum atomic E-state index is 12.0. The molecule has 0 fully saturated rings. The van der Waals surface area contributed by atoms with Gasteiger partial charge >= 0.3 is 6.09 Å². The second kappa shape index (κ2) is 7.82. The molecule has 0 atom stereocenters. The fourth-order valence-corrected chi connectivity index (χ4v) is 3.86. The van der Waals surface area contributed by atoms with E-state index in [0.29, 0.717) is 13.2 Å². The van der Waals surface area contributed by atoms with Crippen LogP contribution in [-0.2, 0) is 11.2 Å². The summed E-state index contributed by atoms with van der Waals surface area (Å²) in [6.07, 6.45) is 3.86. The number of aryl methyl sites for hydroxylation is 1. The van der Waals surface area contributed by atoms with Gasteiger partial charge in [-0.15, -0.1) is 0 Å². The summed E-state index contributed by atoms with van der Waals surface area (Å²) in [5.74, 6) is 0.856. The highest BCUT2D eigenvalue weighted by atomic mass is 16.6. The van der Waals surface area contributed by atoms with Gasteiger partial charge in [-0.1, -0.05) is 18.2 Å². The van der Waals surface area contributed by atoms with Gasteiger partial charge in [-0.25, -0.2) is 4.79 Å². The number of para-hydroxylation sites is 1. The molecule has 0 unspecified atom stereocenters. The molecule has 0 spiro atoms. The zero-order valence-corrected chi connectivity index (χ0v) is 17.3. The van der Waals surface area contributed by atoms with E-state index in [-0.39, 0.29) is 0 Å². The van der Waals surface area contributed by atoms with Crippen molar-refractivity contribution in [1.29, 1.82) is 0 Å². The van der Waals surface area contributed by atoms with Gasteiger partial charge in [0.2, 0.25) is 0 Å². The molecule has 0 bridgehead atoms. The molecular formula is C24H28N2O3. The molecule has 2 aliphatic rings. The minimum atomic E-state index is -0.508. The fourth-order valence-electron chi connectivity index (χ4n) is 3.86. The minimum Gasteiger partial charge on any atom is -0.489 e. The first kappa shape index (κ1) is 19.4. The molecule has 1 N–H and O–H groups in total. The first-order valence-corrected chi connectivity index (χ1v) is 10.2. The van der Waals surface area contributed by atoms with Crippen LogP contribution in [0.5, 0.6) is 5.75 Å². The lowest BCUT2D eigenvalue weighted by Crippen LogP contribution is -2.33.